The van der Waals surface area contributed by atoms with Crippen molar-refractivity contribution >= 4 is 12.4 Å². The van der Waals surface area contributed by atoms with E-state index >= 15 is 0 Å². The second-order valence-corrected chi connectivity index (χ2v) is 7.31. The van der Waals surface area contributed by atoms with E-state index in [2.05, 4.69) is 0 Å². The maximum atomic E-state index is 11.0. The van der Waals surface area contributed by atoms with Crippen molar-refractivity contribution in [3.63, 3.8) is 0 Å². The van der Waals surface area contributed by atoms with Gasteiger partial charge in [-0.1, -0.05) is 19.3 Å². The highest BCUT2D eigenvalue weighted by molar-refractivity contribution is 5.73. The van der Waals surface area contributed by atoms with E-state index in [-0.39, 0.29) is 6.10 Å². The van der Waals surface area contributed by atoms with Gasteiger partial charge < -0.3 is 14.9 Å². The van der Waals surface area contributed by atoms with E-state index in [0.717, 1.165) is 38.5 Å². The second kappa shape index (κ2) is 9.82. The molecule has 0 bridgehead atoms. The van der Waals surface area contributed by atoms with Gasteiger partial charge in [-0.25, -0.2) is 0 Å². The summed E-state index contributed by atoms with van der Waals surface area (Å²) in [4.78, 5) is 21.3. The highest BCUT2D eigenvalue weighted by Crippen LogP contribution is 2.24. The van der Waals surface area contributed by atoms with E-state index in [1.807, 2.05) is 13.8 Å². The molecule has 5 nitrogen and oxygen atoms in total. The molecule has 130 valence electrons. The normalized spacial score (nSPS) is 13.7. The van der Waals surface area contributed by atoms with Crippen LogP contribution < -0.4 is 0 Å². The van der Waals surface area contributed by atoms with Crippen molar-refractivity contribution in [2.24, 2.45) is 5.41 Å². The molecule has 0 aliphatic carbocycles. The number of carbonyl (C=O) groups is 2. The minimum Gasteiger partial charge on any atom is -0.481 e. The number of carboxylic acids is 1. The third-order valence-corrected chi connectivity index (χ3v) is 4.10. The molecule has 0 fully saturated rings. The lowest BCUT2D eigenvalue weighted by atomic mass is 9.87. The van der Waals surface area contributed by atoms with Gasteiger partial charge in [-0.15, -0.1) is 0 Å². The third kappa shape index (κ3) is 9.77. The summed E-state index contributed by atoms with van der Waals surface area (Å²) < 4.78 is 4.98. The molecule has 1 atom stereocenters. The van der Waals surface area contributed by atoms with Gasteiger partial charge in [0, 0.05) is 0 Å². The zero-order valence-electron chi connectivity index (χ0n) is 14.4. The lowest BCUT2D eigenvalue weighted by molar-refractivity contribution is -0.147. The first kappa shape index (κ1) is 20.9. The van der Waals surface area contributed by atoms with E-state index in [4.69, 9.17) is 9.84 Å². The van der Waals surface area contributed by atoms with Crippen molar-refractivity contribution in [3.8, 4) is 0 Å². The molecule has 1 unspecified atom stereocenters. The molecule has 0 radical (unpaired) electrons. The average molecular weight is 316 g/mol. The molecule has 0 spiro atoms. The van der Waals surface area contributed by atoms with Crippen LogP contribution in [0, 0.1) is 5.41 Å². The number of unbranched alkanes of at least 4 members (excludes halogenated alkanes) is 2. The maximum Gasteiger partial charge on any atom is 0.309 e. The summed E-state index contributed by atoms with van der Waals surface area (Å²) >= 11 is 0. The predicted molar refractivity (Wildman–Crippen MR) is 85.6 cm³/mol. The Morgan fingerprint density at radius 2 is 1.55 bits per heavy atom. The summed E-state index contributed by atoms with van der Waals surface area (Å²) in [6, 6.07) is 0. The van der Waals surface area contributed by atoms with Gasteiger partial charge in [-0.2, -0.15) is 0 Å². The lowest BCUT2D eigenvalue weighted by Crippen LogP contribution is -2.23. The summed E-state index contributed by atoms with van der Waals surface area (Å²) in [6.45, 7) is 7.70. The highest BCUT2D eigenvalue weighted by Gasteiger charge is 2.26. The van der Waals surface area contributed by atoms with E-state index < -0.39 is 17.0 Å². The van der Waals surface area contributed by atoms with E-state index in [9.17, 15) is 14.7 Å². The van der Waals surface area contributed by atoms with Crippen molar-refractivity contribution < 1.29 is 24.5 Å². The zero-order chi connectivity index (χ0) is 17.2. The van der Waals surface area contributed by atoms with Crippen LogP contribution in [0.5, 0.6) is 0 Å². The number of hydrogen-bond donors (Lipinski definition) is 2. The number of aliphatic carboxylic acids is 1. The van der Waals surface area contributed by atoms with E-state index in [0.29, 0.717) is 19.3 Å². The van der Waals surface area contributed by atoms with Crippen LogP contribution in [0.15, 0.2) is 0 Å². The van der Waals surface area contributed by atoms with Crippen molar-refractivity contribution in [1.29, 1.82) is 0 Å². The molecule has 0 aliphatic rings. The smallest absolute Gasteiger partial charge is 0.309 e. The Labute approximate surface area is 134 Å². The SMILES string of the molecule is CC(C)(CCCCC(O)CCCCC(C)(C)C(=O)O)OC=O. The first-order valence-electron chi connectivity index (χ1n) is 8.14. The van der Waals surface area contributed by atoms with Crippen molar-refractivity contribution in [1.82, 2.24) is 0 Å². The molecule has 0 saturated carbocycles. The molecule has 22 heavy (non-hydrogen) atoms. The van der Waals surface area contributed by atoms with Crippen molar-refractivity contribution in [2.75, 3.05) is 0 Å². The van der Waals surface area contributed by atoms with Gasteiger partial charge in [-0.05, 0) is 59.8 Å². The number of rotatable bonds is 13. The number of carbonyl (C=O) groups excluding carboxylic acids is 1. The molecule has 2 N–H and O–H groups in total. The Morgan fingerprint density at radius 1 is 1.05 bits per heavy atom. The van der Waals surface area contributed by atoms with Crippen LogP contribution in [0.2, 0.25) is 0 Å². The van der Waals surface area contributed by atoms with Crippen LogP contribution in [-0.2, 0) is 14.3 Å². The number of aliphatic hydroxyl groups excluding tert-OH is 1. The molecule has 0 aromatic heterocycles. The van der Waals surface area contributed by atoms with E-state index in [1.54, 1.807) is 13.8 Å². The molecule has 0 saturated heterocycles. The number of ether oxygens (including phenoxy) is 1. The molecule has 0 heterocycles. The quantitative estimate of drug-likeness (QED) is 0.401. The van der Waals surface area contributed by atoms with Gasteiger partial charge in [0.05, 0.1) is 11.5 Å². The third-order valence-electron chi connectivity index (χ3n) is 4.10. The first-order chi connectivity index (χ1) is 10.1. The molecule has 0 rings (SSSR count). The fraction of sp³-hybridized carbons (Fsp3) is 0.882. The maximum absolute atomic E-state index is 11.0. The fourth-order valence-corrected chi connectivity index (χ4v) is 2.32. The Morgan fingerprint density at radius 3 is 2.00 bits per heavy atom. The number of carboxylic acid groups (broad SMARTS) is 1. The largest absolute Gasteiger partial charge is 0.481 e. The monoisotopic (exact) mass is 316 g/mol. The molecular formula is C17H32O5. The summed E-state index contributed by atoms with van der Waals surface area (Å²) in [5, 5.41) is 18.9. The van der Waals surface area contributed by atoms with Gasteiger partial charge in [0.1, 0.15) is 5.60 Å². The van der Waals surface area contributed by atoms with Gasteiger partial charge in [0.15, 0.2) is 0 Å². The van der Waals surface area contributed by atoms with Gasteiger partial charge in [0.2, 0.25) is 0 Å². The first-order valence-corrected chi connectivity index (χ1v) is 8.14. The Kier molecular flexibility index (Phi) is 9.33. The molecule has 5 heteroatoms. The zero-order valence-corrected chi connectivity index (χ0v) is 14.4. The minimum absolute atomic E-state index is 0.331. The average Bonchev–Trinajstić information content (AvgIpc) is 2.39. The summed E-state index contributed by atoms with van der Waals surface area (Å²) in [5.74, 6) is -0.770. The Bertz CT molecular complexity index is 336. The van der Waals surface area contributed by atoms with Crippen molar-refractivity contribution in [3.05, 3.63) is 0 Å². The Hall–Kier alpha value is -1.10. The van der Waals surface area contributed by atoms with Gasteiger partial charge in [-0.3, -0.25) is 9.59 Å². The standard InChI is InChI=1S/C17H32O5/c1-16(2,15(20)21)11-7-5-9-14(19)10-6-8-12-17(3,4)22-13-18/h13-14,19H,5-12H2,1-4H3,(H,20,21). The Balaban J connectivity index is 3.69. The predicted octanol–water partition coefficient (Wildman–Crippen LogP) is 3.53. The van der Waals surface area contributed by atoms with Gasteiger partial charge >= 0.3 is 5.97 Å². The molecular weight excluding hydrogens is 284 g/mol. The molecule has 0 aliphatic heterocycles. The highest BCUT2D eigenvalue weighted by atomic mass is 16.5. The number of hydrogen-bond acceptors (Lipinski definition) is 4. The van der Waals surface area contributed by atoms with Crippen molar-refractivity contribution in [2.45, 2.75) is 90.8 Å². The number of aliphatic hydroxyl groups is 1. The lowest BCUT2D eigenvalue weighted by Gasteiger charge is -2.22. The molecule has 0 aromatic carbocycles. The van der Waals surface area contributed by atoms with Crippen LogP contribution in [-0.4, -0.2) is 34.4 Å². The minimum atomic E-state index is -0.770. The molecule has 0 amide bonds. The van der Waals surface area contributed by atoms with Crippen LogP contribution in [0.3, 0.4) is 0 Å². The fourth-order valence-electron chi connectivity index (χ4n) is 2.32. The van der Waals surface area contributed by atoms with Crippen LogP contribution in [0.25, 0.3) is 0 Å². The second-order valence-electron chi connectivity index (χ2n) is 7.31. The van der Waals surface area contributed by atoms with Gasteiger partial charge in [0.25, 0.3) is 6.47 Å². The topological polar surface area (TPSA) is 83.8 Å². The van der Waals surface area contributed by atoms with Crippen LogP contribution >= 0.6 is 0 Å². The summed E-state index contributed by atoms with van der Waals surface area (Å²) in [6.07, 6.45) is 6.00. The summed E-state index contributed by atoms with van der Waals surface area (Å²) in [5.41, 5.74) is -1.12. The van der Waals surface area contributed by atoms with Crippen LogP contribution in [0.4, 0.5) is 0 Å². The van der Waals surface area contributed by atoms with Crippen LogP contribution in [0.1, 0.15) is 79.1 Å². The van der Waals surface area contributed by atoms with E-state index in [1.165, 1.54) is 0 Å². The molecule has 0 aromatic rings. The summed E-state index contributed by atoms with van der Waals surface area (Å²) in [7, 11) is 0.